The van der Waals surface area contributed by atoms with Gasteiger partial charge in [-0.05, 0) is 61.8 Å². The van der Waals surface area contributed by atoms with Gasteiger partial charge in [0.05, 0.1) is 10.0 Å². The molecule has 128 valence electrons. The van der Waals surface area contributed by atoms with Crippen molar-refractivity contribution >= 4 is 46.5 Å². The van der Waals surface area contributed by atoms with Crippen LogP contribution < -0.4 is 5.32 Å². The molecule has 2 N–H and O–H groups in total. The van der Waals surface area contributed by atoms with E-state index in [0.29, 0.717) is 16.0 Å². The Kier molecular flexibility index (Phi) is 7.00. The Balaban J connectivity index is 0.00000208. The van der Waals surface area contributed by atoms with Crippen molar-refractivity contribution in [3.05, 3.63) is 69.8 Å². The summed E-state index contributed by atoms with van der Waals surface area (Å²) in [5.41, 5.74) is 3.71. The highest BCUT2D eigenvalue weighted by Gasteiger charge is 2.18. The SMILES string of the molecule is CNCCC[C@@H](c1ccc(Cl)c(Cl)c1)c1cccc2[nH]ccc12.Cl. The van der Waals surface area contributed by atoms with Crippen molar-refractivity contribution < 1.29 is 0 Å². The third-order valence-electron chi connectivity index (χ3n) is 4.27. The smallest absolute Gasteiger partial charge is 0.0595 e. The van der Waals surface area contributed by atoms with Gasteiger partial charge in [0.15, 0.2) is 0 Å². The lowest BCUT2D eigenvalue weighted by Crippen LogP contribution is -2.10. The van der Waals surface area contributed by atoms with Crippen LogP contribution in [-0.2, 0) is 0 Å². The van der Waals surface area contributed by atoms with Crippen LogP contribution >= 0.6 is 35.6 Å². The fourth-order valence-electron chi connectivity index (χ4n) is 3.13. The number of rotatable bonds is 6. The normalized spacial score (nSPS) is 12.1. The number of hydrogen-bond acceptors (Lipinski definition) is 1. The van der Waals surface area contributed by atoms with Gasteiger partial charge in [0.25, 0.3) is 0 Å². The molecule has 0 aliphatic carbocycles. The summed E-state index contributed by atoms with van der Waals surface area (Å²) in [5, 5.41) is 5.71. The fraction of sp³-hybridized carbons (Fsp3) is 0.263. The van der Waals surface area contributed by atoms with E-state index in [9.17, 15) is 0 Å². The predicted octanol–water partition coefficient (Wildman–Crippen LogP) is 6.03. The molecule has 0 saturated heterocycles. The summed E-state index contributed by atoms with van der Waals surface area (Å²) in [5.74, 6) is 0.303. The van der Waals surface area contributed by atoms with Gasteiger partial charge in [0.2, 0.25) is 0 Å². The summed E-state index contributed by atoms with van der Waals surface area (Å²) in [7, 11) is 1.99. The second-order valence-electron chi connectivity index (χ2n) is 5.76. The lowest BCUT2D eigenvalue weighted by atomic mass is 9.85. The average molecular weight is 384 g/mol. The summed E-state index contributed by atoms with van der Waals surface area (Å²) in [6.45, 7) is 1.00. The summed E-state index contributed by atoms with van der Waals surface area (Å²) in [6, 6.07) is 14.6. The third kappa shape index (κ3) is 4.07. The van der Waals surface area contributed by atoms with Crippen molar-refractivity contribution in [2.75, 3.05) is 13.6 Å². The van der Waals surface area contributed by atoms with Gasteiger partial charge in [0, 0.05) is 23.0 Å². The highest BCUT2D eigenvalue weighted by atomic mass is 35.5. The lowest BCUT2D eigenvalue weighted by molar-refractivity contribution is 0.631. The van der Waals surface area contributed by atoms with Gasteiger partial charge < -0.3 is 10.3 Å². The van der Waals surface area contributed by atoms with E-state index >= 15 is 0 Å². The van der Waals surface area contributed by atoms with Crippen molar-refractivity contribution in [3.63, 3.8) is 0 Å². The number of fused-ring (bicyclic) bond motifs is 1. The van der Waals surface area contributed by atoms with Crippen molar-refractivity contribution in [1.29, 1.82) is 0 Å². The lowest BCUT2D eigenvalue weighted by Gasteiger charge is -2.20. The van der Waals surface area contributed by atoms with Crippen LogP contribution in [0.15, 0.2) is 48.7 Å². The second kappa shape index (κ2) is 8.77. The summed E-state index contributed by atoms with van der Waals surface area (Å²) < 4.78 is 0. The van der Waals surface area contributed by atoms with Gasteiger partial charge in [-0.2, -0.15) is 0 Å². The molecule has 0 amide bonds. The zero-order valence-electron chi connectivity index (χ0n) is 13.5. The fourth-order valence-corrected chi connectivity index (χ4v) is 3.43. The standard InChI is InChI=1S/C19H20Cl2N2.ClH/c1-22-10-3-5-14(13-7-8-17(20)18(21)12-13)15-4-2-6-19-16(15)9-11-23-19;/h2,4,6-9,11-12,14,22-23H,3,5,10H2,1H3;1H/t14-;/m0./s1. The van der Waals surface area contributed by atoms with Crippen LogP contribution in [0, 0.1) is 0 Å². The molecule has 0 radical (unpaired) electrons. The molecule has 0 aliphatic rings. The number of benzene rings is 2. The largest absolute Gasteiger partial charge is 0.361 e. The van der Waals surface area contributed by atoms with Crippen LogP contribution in [0.4, 0.5) is 0 Å². The maximum Gasteiger partial charge on any atom is 0.0595 e. The number of H-pyrrole nitrogens is 1. The molecule has 1 atom stereocenters. The Labute approximate surface area is 159 Å². The Morgan fingerprint density at radius 3 is 2.67 bits per heavy atom. The van der Waals surface area contributed by atoms with E-state index in [-0.39, 0.29) is 12.4 Å². The van der Waals surface area contributed by atoms with Crippen LogP contribution in [0.1, 0.15) is 29.9 Å². The minimum absolute atomic E-state index is 0. The number of nitrogens with one attached hydrogen (secondary N) is 2. The highest BCUT2D eigenvalue weighted by Crippen LogP contribution is 2.36. The molecule has 0 unspecified atom stereocenters. The summed E-state index contributed by atoms with van der Waals surface area (Å²) in [6.07, 6.45) is 4.15. The first-order valence-electron chi connectivity index (χ1n) is 7.86. The molecule has 0 fully saturated rings. The summed E-state index contributed by atoms with van der Waals surface area (Å²) >= 11 is 12.3. The molecule has 2 nitrogen and oxygen atoms in total. The minimum Gasteiger partial charge on any atom is -0.361 e. The average Bonchev–Trinajstić information content (AvgIpc) is 3.03. The van der Waals surface area contributed by atoms with Crippen molar-refractivity contribution in [1.82, 2.24) is 10.3 Å². The molecule has 1 aromatic heterocycles. The van der Waals surface area contributed by atoms with Crippen LogP contribution in [0.5, 0.6) is 0 Å². The molecular weight excluding hydrogens is 363 g/mol. The molecule has 5 heteroatoms. The van der Waals surface area contributed by atoms with Gasteiger partial charge in [-0.3, -0.25) is 0 Å². The molecule has 0 saturated carbocycles. The first-order valence-corrected chi connectivity index (χ1v) is 8.62. The molecule has 0 bridgehead atoms. The van der Waals surface area contributed by atoms with E-state index in [1.165, 1.54) is 22.0 Å². The first-order chi connectivity index (χ1) is 11.2. The van der Waals surface area contributed by atoms with Crippen LogP contribution in [0.3, 0.4) is 0 Å². The van der Waals surface area contributed by atoms with Crippen LogP contribution in [0.25, 0.3) is 10.9 Å². The number of hydrogen-bond donors (Lipinski definition) is 2. The molecule has 0 spiro atoms. The van der Waals surface area contributed by atoms with E-state index in [4.69, 9.17) is 23.2 Å². The Morgan fingerprint density at radius 1 is 1.08 bits per heavy atom. The van der Waals surface area contributed by atoms with E-state index in [0.717, 1.165) is 19.4 Å². The van der Waals surface area contributed by atoms with E-state index in [2.05, 4.69) is 40.6 Å². The molecule has 2 aromatic carbocycles. The molecule has 0 aliphatic heterocycles. The van der Waals surface area contributed by atoms with Crippen molar-refractivity contribution in [2.24, 2.45) is 0 Å². The highest BCUT2D eigenvalue weighted by molar-refractivity contribution is 6.42. The maximum absolute atomic E-state index is 6.25. The van der Waals surface area contributed by atoms with E-state index < -0.39 is 0 Å². The molecular formula is C19H21Cl3N2. The van der Waals surface area contributed by atoms with Crippen LogP contribution in [0.2, 0.25) is 10.0 Å². The molecule has 3 rings (SSSR count). The van der Waals surface area contributed by atoms with E-state index in [1.807, 2.05) is 25.4 Å². The Hall–Kier alpha value is -1.19. The van der Waals surface area contributed by atoms with Gasteiger partial charge in [-0.15, -0.1) is 12.4 Å². The predicted molar refractivity (Wildman–Crippen MR) is 107 cm³/mol. The quantitative estimate of drug-likeness (QED) is 0.500. The van der Waals surface area contributed by atoms with Crippen molar-refractivity contribution in [3.8, 4) is 0 Å². The molecule has 24 heavy (non-hydrogen) atoms. The van der Waals surface area contributed by atoms with Crippen molar-refractivity contribution in [2.45, 2.75) is 18.8 Å². The number of aromatic amines is 1. The van der Waals surface area contributed by atoms with Gasteiger partial charge in [-0.25, -0.2) is 0 Å². The zero-order chi connectivity index (χ0) is 16.2. The summed E-state index contributed by atoms with van der Waals surface area (Å²) in [4.78, 5) is 3.29. The second-order valence-corrected chi connectivity index (χ2v) is 6.57. The Morgan fingerprint density at radius 2 is 1.92 bits per heavy atom. The maximum atomic E-state index is 6.25. The molecule has 1 heterocycles. The topological polar surface area (TPSA) is 27.8 Å². The number of halogens is 3. The first kappa shape index (κ1) is 19.1. The monoisotopic (exact) mass is 382 g/mol. The third-order valence-corrected chi connectivity index (χ3v) is 5.01. The number of aromatic nitrogens is 1. The van der Waals surface area contributed by atoms with E-state index in [1.54, 1.807) is 0 Å². The Bertz CT molecular complexity index is 798. The molecule has 3 aromatic rings. The van der Waals surface area contributed by atoms with Gasteiger partial charge in [-0.1, -0.05) is 41.4 Å². The minimum atomic E-state index is 0. The zero-order valence-corrected chi connectivity index (χ0v) is 15.8. The van der Waals surface area contributed by atoms with Crippen LogP contribution in [-0.4, -0.2) is 18.6 Å². The van der Waals surface area contributed by atoms with Gasteiger partial charge >= 0.3 is 0 Å². The van der Waals surface area contributed by atoms with Gasteiger partial charge in [0.1, 0.15) is 0 Å².